The normalized spacial score (nSPS) is 10.6. The van der Waals surface area contributed by atoms with Crippen molar-refractivity contribution in [3.63, 3.8) is 0 Å². The summed E-state index contributed by atoms with van der Waals surface area (Å²) in [7, 11) is 0. The highest BCUT2D eigenvalue weighted by Gasteiger charge is 2.05. The Hall–Kier alpha value is -0.940. The monoisotopic (exact) mass is 213 g/mol. The first-order valence-corrected chi connectivity index (χ1v) is 5.42. The van der Waals surface area contributed by atoms with Crippen LogP contribution in [0, 0.1) is 0 Å². The van der Waals surface area contributed by atoms with Crippen LogP contribution in [0.5, 0.6) is 0 Å². The van der Waals surface area contributed by atoms with Crippen molar-refractivity contribution in [2.75, 3.05) is 6.54 Å². The molecule has 0 unspecified atom stereocenters. The molecule has 78 valence electrons. The number of hydrogen-bond donors (Lipinski definition) is 2. The molecule has 0 aliphatic heterocycles. The van der Waals surface area contributed by atoms with Crippen molar-refractivity contribution < 1.29 is 4.79 Å². The molecule has 0 radical (unpaired) electrons. The van der Waals surface area contributed by atoms with Crippen LogP contribution in [0.4, 0.5) is 0 Å². The highest BCUT2D eigenvalue weighted by Crippen LogP contribution is 2.17. The van der Waals surface area contributed by atoms with E-state index in [-0.39, 0.29) is 12.5 Å². The number of aromatic nitrogens is 1. The first-order valence-electron chi connectivity index (χ1n) is 4.54. The second kappa shape index (κ2) is 5.07. The van der Waals surface area contributed by atoms with E-state index in [1.807, 2.05) is 5.38 Å². The Kier molecular flexibility index (Phi) is 4.03. The highest BCUT2D eigenvalue weighted by atomic mass is 32.1. The molecule has 0 saturated heterocycles. The van der Waals surface area contributed by atoms with E-state index in [4.69, 9.17) is 5.73 Å². The zero-order valence-electron chi connectivity index (χ0n) is 8.41. The van der Waals surface area contributed by atoms with Gasteiger partial charge in [0.1, 0.15) is 5.01 Å². The van der Waals surface area contributed by atoms with Gasteiger partial charge in [0.2, 0.25) is 5.91 Å². The Morgan fingerprint density at radius 2 is 2.43 bits per heavy atom. The van der Waals surface area contributed by atoms with Crippen LogP contribution in [0.15, 0.2) is 5.38 Å². The van der Waals surface area contributed by atoms with E-state index in [1.165, 1.54) is 0 Å². The molecule has 5 heteroatoms. The molecule has 14 heavy (non-hydrogen) atoms. The molecular weight excluding hydrogens is 198 g/mol. The first kappa shape index (κ1) is 11.1. The number of carbonyl (C=O) groups excluding carboxylic acids is 1. The van der Waals surface area contributed by atoms with Crippen molar-refractivity contribution in [3.8, 4) is 0 Å². The van der Waals surface area contributed by atoms with Crippen LogP contribution in [0.3, 0.4) is 0 Å². The summed E-state index contributed by atoms with van der Waals surface area (Å²) in [6.45, 7) is 4.70. The smallest absolute Gasteiger partial charge is 0.234 e. The third kappa shape index (κ3) is 3.08. The van der Waals surface area contributed by atoms with Gasteiger partial charge in [-0.05, 0) is 5.92 Å². The Morgan fingerprint density at radius 1 is 1.71 bits per heavy atom. The maximum Gasteiger partial charge on any atom is 0.234 e. The van der Waals surface area contributed by atoms with Gasteiger partial charge in [-0.2, -0.15) is 0 Å². The molecule has 0 spiro atoms. The number of amides is 1. The largest absolute Gasteiger partial charge is 0.348 e. The Bertz CT molecular complexity index is 309. The zero-order valence-corrected chi connectivity index (χ0v) is 9.23. The van der Waals surface area contributed by atoms with Gasteiger partial charge in [0, 0.05) is 5.38 Å². The van der Waals surface area contributed by atoms with Crippen LogP contribution in [-0.2, 0) is 11.3 Å². The predicted molar refractivity (Wildman–Crippen MR) is 57.1 cm³/mol. The molecule has 0 saturated carbocycles. The van der Waals surface area contributed by atoms with Crippen molar-refractivity contribution in [2.24, 2.45) is 5.73 Å². The summed E-state index contributed by atoms with van der Waals surface area (Å²) in [6, 6.07) is 0. The number of carbonyl (C=O) groups is 1. The molecule has 1 rings (SSSR count). The summed E-state index contributed by atoms with van der Waals surface area (Å²) in [4.78, 5) is 15.2. The molecule has 0 aromatic carbocycles. The van der Waals surface area contributed by atoms with Crippen molar-refractivity contribution in [1.82, 2.24) is 10.3 Å². The molecule has 3 N–H and O–H groups in total. The molecule has 0 atom stereocenters. The van der Waals surface area contributed by atoms with Gasteiger partial charge >= 0.3 is 0 Å². The summed E-state index contributed by atoms with van der Waals surface area (Å²) in [5, 5.41) is 5.63. The number of rotatable bonds is 4. The summed E-state index contributed by atoms with van der Waals surface area (Å²) >= 11 is 1.56. The topological polar surface area (TPSA) is 68.0 Å². The number of nitrogens with two attached hydrogens (primary N) is 1. The lowest BCUT2D eigenvalue weighted by Crippen LogP contribution is -2.29. The summed E-state index contributed by atoms with van der Waals surface area (Å²) in [6.07, 6.45) is 0. The lowest BCUT2D eigenvalue weighted by molar-refractivity contribution is -0.119. The lowest BCUT2D eigenvalue weighted by Gasteiger charge is -2.00. The Labute approximate surface area is 87.5 Å². The number of nitrogens with zero attached hydrogens (tertiary/aromatic N) is 1. The standard InChI is InChI=1S/C9H15N3OS/c1-6(2)7-5-14-9(12-7)4-11-8(13)3-10/h5-6H,3-4,10H2,1-2H3,(H,11,13). The lowest BCUT2D eigenvalue weighted by atomic mass is 10.2. The van der Waals surface area contributed by atoms with E-state index in [9.17, 15) is 4.79 Å². The Balaban J connectivity index is 2.48. The summed E-state index contributed by atoms with van der Waals surface area (Å²) < 4.78 is 0. The van der Waals surface area contributed by atoms with E-state index in [0.717, 1.165) is 10.7 Å². The van der Waals surface area contributed by atoms with Crippen LogP contribution in [0.2, 0.25) is 0 Å². The Morgan fingerprint density at radius 3 is 2.93 bits per heavy atom. The van der Waals surface area contributed by atoms with E-state index >= 15 is 0 Å². The van der Waals surface area contributed by atoms with Gasteiger partial charge < -0.3 is 11.1 Å². The summed E-state index contributed by atoms with van der Waals surface area (Å²) in [5.74, 6) is 0.288. The average Bonchev–Trinajstić information content (AvgIpc) is 2.62. The minimum atomic E-state index is -0.147. The maximum absolute atomic E-state index is 10.9. The van der Waals surface area contributed by atoms with Crippen molar-refractivity contribution in [3.05, 3.63) is 16.1 Å². The molecule has 1 aromatic heterocycles. The minimum Gasteiger partial charge on any atom is -0.348 e. The van der Waals surface area contributed by atoms with Crippen LogP contribution in [0.1, 0.15) is 30.5 Å². The number of hydrogen-bond acceptors (Lipinski definition) is 4. The van der Waals surface area contributed by atoms with Gasteiger partial charge in [-0.25, -0.2) is 4.98 Å². The van der Waals surface area contributed by atoms with Crippen molar-refractivity contribution in [2.45, 2.75) is 26.3 Å². The molecule has 0 bridgehead atoms. The zero-order chi connectivity index (χ0) is 10.6. The SMILES string of the molecule is CC(C)c1csc(CNC(=O)CN)n1. The molecular formula is C9H15N3OS. The highest BCUT2D eigenvalue weighted by molar-refractivity contribution is 7.09. The van der Waals surface area contributed by atoms with Gasteiger partial charge in [0.05, 0.1) is 18.8 Å². The van der Waals surface area contributed by atoms with Gasteiger partial charge in [-0.3, -0.25) is 4.79 Å². The quantitative estimate of drug-likeness (QED) is 0.779. The van der Waals surface area contributed by atoms with Gasteiger partial charge in [-0.1, -0.05) is 13.8 Å². The molecule has 0 aliphatic rings. The van der Waals surface area contributed by atoms with E-state index in [0.29, 0.717) is 12.5 Å². The molecule has 1 heterocycles. The fraction of sp³-hybridized carbons (Fsp3) is 0.556. The van der Waals surface area contributed by atoms with Crippen LogP contribution < -0.4 is 11.1 Å². The van der Waals surface area contributed by atoms with Crippen LogP contribution in [-0.4, -0.2) is 17.4 Å². The maximum atomic E-state index is 10.9. The van der Waals surface area contributed by atoms with Crippen LogP contribution >= 0.6 is 11.3 Å². The van der Waals surface area contributed by atoms with Crippen molar-refractivity contribution >= 4 is 17.2 Å². The summed E-state index contributed by atoms with van der Waals surface area (Å²) in [5.41, 5.74) is 6.24. The minimum absolute atomic E-state index is 0.0302. The molecule has 4 nitrogen and oxygen atoms in total. The fourth-order valence-electron chi connectivity index (χ4n) is 0.918. The third-order valence-corrected chi connectivity index (χ3v) is 2.65. The van der Waals surface area contributed by atoms with E-state index in [2.05, 4.69) is 24.1 Å². The van der Waals surface area contributed by atoms with Gasteiger partial charge in [0.15, 0.2) is 0 Å². The van der Waals surface area contributed by atoms with Gasteiger partial charge in [-0.15, -0.1) is 11.3 Å². The molecule has 0 fully saturated rings. The second-order valence-electron chi connectivity index (χ2n) is 3.30. The average molecular weight is 213 g/mol. The molecule has 1 aromatic rings. The predicted octanol–water partition coefficient (Wildman–Crippen LogP) is 0.841. The second-order valence-corrected chi connectivity index (χ2v) is 4.24. The first-order chi connectivity index (χ1) is 6.63. The van der Waals surface area contributed by atoms with E-state index < -0.39 is 0 Å². The molecule has 0 aliphatic carbocycles. The third-order valence-electron chi connectivity index (χ3n) is 1.78. The molecule has 1 amide bonds. The van der Waals surface area contributed by atoms with Crippen molar-refractivity contribution in [1.29, 1.82) is 0 Å². The fourth-order valence-corrected chi connectivity index (χ4v) is 1.81. The number of thiazole rings is 1. The van der Waals surface area contributed by atoms with Gasteiger partial charge in [0.25, 0.3) is 0 Å². The van der Waals surface area contributed by atoms with E-state index in [1.54, 1.807) is 11.3 Å². The van der Waals surface area contributed by atoms with Crippen LogP contribution in [0.25, 0.3) is 0 Å². The number of nitrogens with one attached hydrogen (secondary N) is 1.